The van der Waals surface area contributed by atoms with Crippen molar-refractivity contribution in [3.8, 4) is 0 Å². The van der Waals surface area contributed by atoms with E-state index in [1.165, 1.54) is 6.92 Å². The molecule has 2 aromatic rings. The number of carbonyl (C=O) groups is 1. The largest absolute Gasteiger partial charge is 0.326 e. The first-order valence-electron chi connectivity index (χ1n) is 7.70. The number of benzene rings is 2. The number of amides is 1. The minimum Gasteiger partial charge on any atom is -0.326 e. The number of carbonyl (C=O) groups excluding carboxylic acids is 1. The lowest BCUT2D eigenvalue weighted by Gasteiger charge is -2.15. The molecule has 0 spiro atoms. The van der Waals surface area contributed by atoms with Crippen LogP contribution in [-0.2, 0) is 14.8 Å². The summed E-state index contributed by atoms with van der Waals surface area (Å²) in [5.41, 5.74) is 2.87. The van der Waals surface area contributed by atoms with Crippen molar-refractivity contribution in [1.82, 2.24) is 0 Å². The topological polar surface area (TPSA) is 75.3 Å². The Morgan fingerprint density at radius 3 is 2.42 bits per heavy atom. The van der Waals surface area contributed by atoms with Crippen LogP contribution >= 0.6 is 0 Å². The SMILES string of the molecule is CC(=O)Nc1cc(NS(=O)(=O)C[C@@H](C)c2ccccc2)ccc1C. The Bertz CT molecular complexity index is 817. The molecule has 5 nitrogen and oxygen atoms in total. The molecule has 2 aromatic carbocycles. The van der Waals surface area contributed by atoms with Gasteiger partial charge in [-0.2, -0.15) is 0 Å². The highest BCUT2D eigenvalue weighted by Crippen LogP contribution is 2.23. The maximum atomic E-state index is 12.4. The molecule has 1 atom stereocenters. The summed E-state index contributed by atoms with van der Waals surface area (Å²) < 4.78 is 27.4. The van der Waals surface area contributed by atoms with E-state index >= 15 is 0 Å². The zero-order chi connectivity index (χ0) is 17.7. The van der Waals surface area contributed by atoms with Crippen molar-refractivity contribution < 1.29 is 13.2 Å². The van der Waals surface area contributed by atoms with Gasteiger partial charge < -0.3 is 5.32 Å². The first kappa shape index (κ1) is 18.0. The molecular formula is C18H22N2O3S. The second-order valence-electron chi connectivity index (χ2n) is 5.91. The second-order valence-corrected chi connectivity index (χ2v) is 7.67. The Balaban J connectivity index is 2.13. The van der Waals surface area contributed by atoms with Gasteiger partial charge in [0.1, 0.15) is 0 Å². The molecule has 0 fully saturated rings. The lowest BCUT2D eigenvalue weighted by Crippen LogP contribution is -2.20. The van der Waals surface area contributed by atoms with E-state index in [1.54, 1.807) is 18.2 Å². The molecule has 2 N–H and O–H groups in total. The van der Waals surface area contributed by atoms with Crippen LogP contribution in [0.5, 0.6) is 0 Å². The Kier molecular flexibility index (Phi) is 5.62. The van der Waals surface area contributed by atoms with E-state index in [9.17, 15) is 13.2 Å². The van der Waals surface area contributed by atoms with E-state index in [0.717, 1.165) is 11.1 Å². The smallest absolute Gasteiger partial charge is 0.233 e. The number of hydrogen-bond donors (Lipinski definition) is 2. The van der Waals surface area contributed by atoms with Crippen molar-refractivity contribution in [3.05, 3.63) is 59.7 Å². The van der Waals surface area contributed by atoms with Crippen LogP contribution in [0.25, 0.3) is 0 Å². The zero-order valence-corrected chi connectivity index (χ0v) is 14.9. The molecule has 0 saturated carbocycles. The average Bonchev–Trinajstić information content (AvgIpc) is 2.50. The van der Waals surface area contributed by atoms with E-state index in [2.05, 4.69) is 10.0 Å². The number of sulfonamides is 1. The third-order valence-electron chi connectivity index (χ3n) is 3.66. The first-order valence-corrected chi connectivity index (χ1v) is 9.36. The van der Waals surface area contributed by atoms with Crippen LogP contribution in [0, 0.1) is 6.92 Å². The Morgan fingerprint density at radius 2 is 1.79 bits per heavy atom. The number of hydrogen-bond acceptors (Lipinski definition) is 3. The summed E-state index contributed by atoms with van der Waals surface area (Å²) in [5.74, 6) is -0.333. The summed E-state index contributed by atoms with van der Waals surface area (Å²) >= 11 is 0. The number of rotatable bonds is 6. The van der Waals surface area contributed by atoms with Crippen molar-refractivity contribution >= 4 is 27.3 Å². The van der Waals surface area contributed by atoms with Crippen LogP contribution in [0.2, 0.25) is 0 Å². The average molecular weight is 346 g/mol. The van der Waals surface area contributed by atoms with Crippen molar-refractivity contribution in [2.45, 2.75) is 26.7 Å². The van der Waals surface area contributed by atoms with Crippen molar-refractivity contribution in [1.29, 1.82) is 0 Å². The summed E-state index contributed by atoms with van der Waals surface area (Å²) in [6.45, 7) is 5.14. The van der Waals surface area contributed by atoms with E-state index in [1.807, 2.05) is 44.2 Å². The molecule has 0 aliphatic heterocycles. The lowest BCUT2D eigenvalue weighted by molar-refractivity contribution is -0.114. The van der Waals surface area contributed by atoms with Gasteiger partial charge in [-0.1, -0.05) is 43.3 Å². The van der Waals surface area contributed by atoms with Crippen LogP contribution in [-0.4, -0.2) is 20.1 Å². The van der Waals surface area contributed by atoms with Crippen LogP contribution in [0.15, 0.2) is 48.5 Å². The molecule has 0 aliphatic rings. The predicted molar refractivity (Wildman–Crippen MR) is 97.7 cm³/mol. The molecule has 0 bridgehead atoms. The number of anilines is 2. The highest BCUT2D eigenvalue weighted by Gasteiger charge is 2.17. The normalized spacial score (nSPS) is 12.5. The van der Waals surface area contributed by atoms with Crippen LogP contribution in [0.3, 0.4) is 0 Å². The Labute approximate surface area is 143 Å². The lowest BCUT2D eigenvalue weighted by atomic mass is 10.0. The van der Waals surface area contributed by atoms with Crippen molar-refractivity contribution in [2.75, 3.05) is 15.8 Å². The first-order chi connectivity index (χ1) is 11.3. The standard InChI is InChI=1S/C18H22N2O3S/c1-13-9-10-17(11-18(13)19-15(3)21)20-24(22,23)12-14(2)16-7-5-4-6-8-16/h4-11,14,20H,12H2,1-3H3,(H,19,21)/t14-/m1/s1. The van der Waals surface area contributed by atoms with Gasteiger partial charge in [0.15, 0.2) is 0 Å². The second kappa shape index (κ2) is 7.49. The van der Waals surface area contributed by atoms with Crippen LogP contribution in [0.4, 0.5) is 11.4 Å². The Hall–Kier alpha value is -2.34. The quantitative estimate of drug-likeness (QED) is 0.840. The van der Waals surface area contributed by atoms with E-state index in [-0.39, 0.29) is 17.6 Å². The molecule has 0 unspecified atom stereocenters. The molecule has 0 aromatic heterocycles. The Morgan fingerprint density at radius 1 is 1.12 bits per heavy atom. The van der Waals surface area contributed by atoms with Gasteiger partial charge in [-0.25, -0.2) is 8.42 Å². The predicted octanol–water partition coefficient (Wildman–Crippen LogP) is 3.50. The minimum atomic E-state index is -3.50. The van der Waals surface area contributed by atoms with E-state index in [0.29, 0.717) is 11.4 Å². The van der Waals surface area contributed by atoms with Gasteiger partial charge in [-0.3, -0.25) is 9.52 Å². The fourth-order valence-corrected chi connectivity index (χ4v) is 3.86. The summed E-state index contributed by atoms with van der Waals surface area (Å²) in [7, 11) is -3.50. The number of nitrogens with one attached hydrogen (secondary N) is 2. The van der Waals surface area contributed by atoms with Gasteiger partial charge in [0.2, 0.25) is 15.9 Å². The van der Waals surface area contributed by atoms with Crippen LogP contribution in [0.1, 0.15) is 30.9 Å². The molecule has 128 valence electrons. The van der Waals surface area contributed by atoms with Gasteiger partial charge in [-0.05, 0) is 36.1 Å². The third kappa shape index (κ3) is 5.09. The maximum absolute atomic E-state index is 12.4. The molecule has 0 radical (unpaired) electrons. The summed E-state index contributed by atoms with van der Waals surface area (Å²) in [6.07, 6.45) is 0. The summed E-state index contributed by atoms with van der Waals surface area (Å²) in [6, 6.07) is 14.6. The van der Waals surface area contributed by atoms with Crippen molar-refractivity contribution in [3.63, 3.8) is 0 Å². The van der Waals surface area contributed by atoms with Gasteiger partial charge in [0.05, 0.1) is 11.4 Å². The molecule has 2 rings (SSSR count). The molecule has 0 saturated heterocycles. The van der Waals surface area contributed by atoms with Gasteiger partial charge in [-0.15, -0.1) is 0 Å². The van der Waals surface area contributed by atoms with Gasteiger partial charge in [0.25, 0.3) is 0 Å². The molecule has 24 heavy (non-hydrogen) atoms. The minimum absolute atomic E-state index is 0.0135. The molecule has 1 amide bonds. The third-order valence-corrected chi connectivity index (χ3v) is 5.15. The molecule has 0 heterocycles. The molecule has 0 aliphatic carbocycles. The van der Waals surface area contributed by atoms with Crippen LogP contribution < -0.4 is 10.0 Å². The van der Waals surface area contributed by atoms with Gasteiger partial charge in [0, 0.05) is 12.6 Å². The highest BCUT2D eigenvalue weighted by molar-refractivity contribution is 7.92. The van der Waals surface area contributed by atoms with Crippen molar-refractivity contribution in [2.24, 2.45) is 0 Å². The molecule has 6 heteroatoms. The monoisotopic (exact) mass is 346 g/mol. The molecular weight excluding hydrogens is 324 g/mol. The fraction of sp³-hybridized carbons (Fsp3) is 0.278. The highest BCUT2D eigenvalue weighted by atomic mass is 32.2. The summed E-state index contributed by atoms with van der Waals surface area (Å²) in [5, 5.41) is 2.69. The van der Waals surface area contributed by atoms with E-state index < -0.39 is 10.0 Å². The fourth-order valence-electron chi connectivity index (χ4n) is 2.44. The van der Waals surface area contributed by atoms with E-state index in [4.69, 9.17) is 0 Å². The maximum Gasteiger partial charge on any atom is 0.233 e. The van der Waals surface area contributed by atoms with Gasteiger partial charge >= 0.3 is 0 Å². The zero-order valence-electron chi connectivity index (χ0n) is 14.0. The summed E-state index contributed by atoms with van der Waals surface area (Å²) in [4.78, 5) is 11.2. The number of aryl methyl sites for hydroxylation is 1.